The maximum atomic E-state index is 2.60. The lowest BCUT2D eigenvalue weighted by molar-refractivity contribution is 0.551. The summed E-state index contributed by atoms with van der Waals surface area (Å²) in [4.78, 5) is 2.44. The number of rotatable bonds is 7. The summed E-state index contributed by atoms with van der Waals surface area (Å²) in [5.41, 5.74) is 26.7. The van der Waals surface area contributed by atoms with Gasteiger partial charge in [0.15, 0.2) is 0 Å². The molecule has 2 aromatic heterocycles. The molecule has 14 aromatic rings. The molecular formula is C75H51N3. The van der Waals surface area contributed by atoms with E-state index in [9.17, 15) is 0 Å². The number of benzene rings is 12. The van der Waals surface area contributed by atoms with Crippen LogP contribution in [0.2, 0.25) is 0 Å². The van der Waals surface area contributed by atoms with Gasteiger partial charge in [-0.05, 0) is 152 Å². The average molecular weight is 994 g/mol. The van der Waals surface area contributed by atoms with Crippen molar-refractivity contribution >= 4 is 71.4 Å². The van der Waals surface area contributed by atoms with E-state index in [-0.39, 0.29) is 5.41 Å². The minimum absolute atomic E-state index is 0.0298. The Morgan fingerprint density at radius 1 is 0.333 bits per heavy atom. The molecule has 0 N–H and O–H groups in total. The minimum Gasteiger partial charge on any atom is -0.310 e. The fourth-order valence-electron chi connectivity index (χ4n) is 14.7. The fourth-order valence-corrected chi connectivity index (χ4v) is 14.7. The zero-order valence-electron chi connectivity index (χ0n) is 43.0. The summed E-state index contributed by atoms with van der Waals surface area (Å²) in [5.74, 6) is 0. The van der Waals surface area contributed by atoms with E-state index in [1.807, 2.05) is 0 Å². The summed E-state index contributed by atoms with van der Waals surface area (Å²) in [6.07, 6.45) is 4.82. The standard InChI is InChI=1S/C75H51N3/c1-2-26-57-49(18-1)19-15-31-58(57)52-21-14-23-54(45-52)76(55-24-16-25-56(46-55)77-67-34-7-3-27-59(67)60-28-4-8-35-68(60)77)53-22-13-20-51(44-53)48-38-40-50(41-39-48)64-47-65-62-30-6-10-37-70(62)78-69-36-9-5-29-61(69)63-32-17-33-66-71(63)72(74(65)78)73(64)75(66)42-11-12-43-75/h1-10,13-41,44-47H,11-12,42-43H2. The molecule has 3 heteroatoms. The van der Waals surface area contributed by atoms with Gasteiger partial charge >= 0.3 is 0 Å². The number of anilines is 3. The van der Waals surface area contributed by atoms with Crippen LogP contribution in [0.1, 0.15) is 36.8 Å². The molecule has 78 heavy (non-hydrogen) atoms. The maximum absolute atomic E-state index is 2.60. The maximum Gasteiger partial charge on any atom is 0.0623 e. The Labute approximate surface area is 453 Å². The van der Waals surface area contributed by atoms with Crippen LogP contribution in [0.3, 0.4) is 0 Å². The van der Waals surface area contributed by atoms with Crippen LogP contribution in [0.5, 0.6) is 0 Å². The van der Waals surface area contributed by atoms with Gasteiger partial charge in [0.25, 0.3) is 0 Å². The second kappa shape index (κ2) is 16.6. The van der Waals surface area contributed by atoms with Crippen molar-refractivity contribution in [3.63, 3.8) is 0 Å². The number of aromatic nitrogens is 2. The molecule has 0 unspecified atom stereocenters. The third-order valence-electron chi connectivity index (χ3n) is 17.9. The molecule has 0 amide bonds. The molecule has 1 fully saturated rings. The van der Waals surface area contributed by atoms with E-state index in [0.29, 0.717) is 0 Å². The Kier molecular flexibility index (Phi) is 9.29. The van der Waals surface area contributed by atoms with Crippen LogP contribution in [-0.4, -0.2) is 9.13 Å². The van der Waals surface area contributed by atoms with E-state index in [2.05, 4.69) is 275 Å². The zero-order chi connectivity index (χ0) is 51.1. The van der Waals surface area contributed by atoms with Crippen molar-refractivity contribution in [3.05, 3.63) is 272 Å². The molecule has 3 heterocycles. The van der Waals surface area contributed by atoms with E-state index in [1.54, 1.807) is 0 Å². The van der Waals surface area contributed by atoms with Crippen LogP contribution in [0.4, 0.5) is 17.1 Å². The highest BCUT2D eigenvalue weighted by Crippen LogP contribution is 2.64. The summed E-state index contributed by atoms with van der Waals surface area (Å²) >= 11 is 0. The molecule has 2 aliphatic carbocycles. The first-order valence-electron chi connectivity index (χ1n) is 27.7. The van der Waals surface area contributed by atoms with Crippen molar-refractivity contribution in [2.24, 2.45) is 0 Å². The summed E-state index contributed by atoms with van der Waals surface area (Å²) in [7, 11) is 0. The Morgan fingerprint density at radius 3 is 1.63 bits per heavy atom. The van der Waals surface area contributed by atoms with Gasteiger partial charge in [-0.1, -0.05) is 201 Å². The topological polar surface area (TPSA) is 13.1 Å². The normalized spacial score (nSPS) is 13.8. The lowest BCUT2D eigenvalue weighted by Crippen LogP contribution is -2.21. The van der Waals surface area contributed by atoms with Crippen LogP contribution in [0, 0.1) is 0 Å². The fraction of sp³-hybridized carbons (Fsp3) is 0.0667. The number of fused-ring (bicyclic) bond motifs is 12. The third kappa shape index (κ3) is 6.16. The Hall–Kier alpha value is -9.70. The first-order valence-corrected chi connectivity index (χ1v) is 27.7. The lowest BCUT2D eigenvalue weighted by atomic mass is 9.73. The number of hydrogen-bond donors (Lipinski definition) is 0. The smallest absolute Gasteiger partial charge is 0.0623 e. The molecule has 3 aliphatic rings. The van der Waals surface area contributed by atoms with Crippen LogP contribution in [0.25, 0.3) is 121 Å². The first-order chi connectivity index (χ1) is 38.7. The van der Waals surface area contributed by atoms with Gasteiger partial charge in [-0.3, -0.25) is 0 Å². The van der Waals surface area contributed by atoms with E-state index in [4.69, 9.17) is 0 Å². The number of para-hydroxylation sites is 4. The molecule has 0 saturated heterocycles. The number of hydrogen-bond acceptors (Lipinski definition) is 1. The quantitative estimate of drug-likeness (QED) is 0.155. The highest BCUT2D eigenvalue weighted by Gasteiger charge is 2.49. The summed E-state index contributed by atoms with van der Waals surface area (Å²) in [6, 6.07) is 97.7. The molecule has 12 aromatic carbocycles. The van der Waals surface area contributed by atoms with Crippen molar-refractivity contribution in [3.8, 4) is 67.0 Å². The molecule has 17 rings (SSSR count). The van der Waals surface area contributed by atoms with Crippen LogP contribution in [0.15, 0.2) is 261 Å². The second-order valence-corrected chi connectivity index (χ2v) is 21.9. The largest absolute Gasteiger partial charge is 0.310 e. The van der Waals surface area contributed by atoms with E-state index in [1.165, 1.54) is 153 Å². The molecular weight excluding hydrogens is 943 g/mol. The second-order valence-electron chi connectivity index (χ2n) is 21.9. The van der Waals surface area contributed by atoms with Crippen molar-refractivity contribution in [2.45, 2.75) is 31.1 Å². The van der Waals surface area contributed by atoms with E-state index < -0.39 is 0 Å². The predicted octanol–water partition coefficient (Wildman–Crippen LogP) is 20.3. The minimum atomic E-state index is -0.0298. The molecule has 366 valence electrons. The highest BCUT2D eigenvalue weighted by atomic mass is 15.1. The third-order valence-corrected chi connectivity index (χ3v) is 17.9. The molecule has 0 bridgehead atoms. The van der Waals surface area contributed by atoms with Gasteiger partial charge in [0.05, 0.1) is 27.8 Å². The summed E-state index contributed by atoms with van der Waals surface area (Å²) < 4.78 is 5.01. The van der Waals surface area contributed by atoms with Gasteiger partial charge in [0.1, 0.15) is 0 Å². The van der Waals surface area contributed by atoms with E-state index >= 15 is 0 Å². The molecule has 1 aliphatic heterocycles. The van der Waals surface area contributed by atoms with Gasteiger partial charge in [-0.25, -0.2) is 0 Å². The highest BCUT2D eigenvalue weighted by molar-refractivity contribution is 6.21. The molecule has 3 nitrogen and oxygen atoms in total. The first kappa shape index (κ1) is 43.5. The Bertz CT molecular complexity index is 4750. The zero-order valence-corrected chi connectivity index (χ0v) is 43.0. The summed E-state index contributed by atoms with van der Waals surface area (Å²) in [6.45, 7) is 0. The van der Waals surface area contributed by atoms with Gasteiger partial charge < -0.3 is 14.0 Å². The van der Waals surface area contributed by atoms with Gasteiger partial charge in [0, 0.05) is 60.8 Å². The van der Waals surface area contributed by atoms with Crippen LogP contribution in [-0.2, 0) is 5.41 Å². The van der Waals surface area contributed by atoms with Gasteiger partial charge in [0.2, 0.25) is 0 Å². The Morgan fingerprint density at radius 2 is 0.872 bits per heavy atom. The molecule has 0 radical (unpaired) electrons. The lowest BCUT2D eigenvalue weighted by Gasteiger charge is -2.30. The average Bonchev–Trinajstić information content (AvgIpc) is 4.44. The number of nitrogens with zero attached hydrogens (tertiary/aromatic N) is 3. The van der Waals surface area contributed by atoms with Gasteiger partial charge in [-0.15, -0.1) is 0 Å². The van der Waals surface area contributed by atoms with Crippen LogP contribution < -0.4 is 4.90 Å². The molecule has 1 spiro atoms. The molecule has 1 saturated carbocycles. The van der Waals surface area contributed by atoms with Crippen molar-refractivity contribution in [1.82, 2.24) is 9.13 Å². The summed E-state index contributed by atoms with van der Waals surface area (Å²) in [5, 5.41) is 7.62. The van der Waals surface area contributed by atoms with E-state index in [0.717, 1.165) is 22.7 Å². The van der Waals surface area contributed by atoms with Crippen LogP contribution >= 0.6 is 0 Å². The molecule has 0 atom stereocenters. The Balaban J connectivity index is 0.828. The monoisotopic (exact) mass is 993 g/mol. The van der Waals surface area contributed by atoms with Gasteiger partial charge in [-0.2, -0.15) is 0 Å². The predicted molar refractivity (Wildman–Crippen MR) is 327 cm³/mol. The van der Waals surface area contributed by atoms with Crippen molar-refractivity contribution in [1.29, 1.82) is 0 Å². The van der Waals surface area contributed by atoms with Crippen molar-refractivity contribution < 1.29 is 0 Å². The van der Waals surface area contributed by atoms with Crippen molar-refractivity contribution in [2.75, 3.05) is 4.90 Å². The SMILES string of the molecule is c1cc(-c2ccc(-c3cc4c5ccccc5n5c4c4c3C3(CCCC3)c3cccc(c3-4)-c3ccccc3-5)cc2)cc(N(c2cccc(-c3cccc4ccccc34)c2)c2cccc(-n3c4ccccc4c4ccccc43)c2)c1.